The van der Waals surface area contributed by atoms with Crippen molar-refractivity contribution in [1.82, 2.24) is 0 Å². The molecular formula is C56H39N2O13P. The van der Waals surface area contributed by atoms with Crippen molar-refractivity contribution in [2.45, 2.75) is 19.8 Å². The Hall–Kier alpha value is -9.20. The molecule has 1 fully saturated rings. The largest absolute Gasteiger partial charge is 0.436 e. The van der Waals surface area contributed by atoms with Crippen molar-refractivity contribution >= 4 is 71.0 Å². The Morgan fingerprint density at radius 1 is 0.542 bits per heavy atom. The zero-order chi connectivity index (χ0) is 50.1. The maximum atomic E-state index is 15.5. The molecule has 1 saturated heterocycles. The molecule has 3 atom stereocenters. The highest BCUT2D eigenvalue weighted by molar-refractivity contribution is 7.75. The average Bonchev–Trinajstić information content (AvgIpc) is 3.65. The molecule has 7 aromatic carbocycles. The number of hydrogen-bond acceptors (Lipinski definition) is 13. The molecule has 1 N–H and O–H groups in total. The number of carbonyl (C=O) groups is 7. The van der Waals surface area contributed by atoms with E-state index in [1.165, 1.54) is 115 Å². The first-order valence-corrected chi connectivity index (χ1v) is 24.2. The third-order valence-electron chi connectivity index (χ3n) is 12.2. The Labute approximate surface area is 411 Å². The molecule has 7 aromatic rings. The first-order chi connectivity index (χ1) is 34.8. The summed E-state index contributed by atoms with van der Waals surface area (Å²) in [5.74, 6) is -4.28. The third kappa shape index (κ3) is 9.19. The lowest BCUT2D eigenvalue weighted by atomic mass is 9.85. The Bertz CT molecular complexity index is 3430. The van der Waals surface area contributed by atoms with Gasteiger partial charge in [0.2, 0.25) is 11.8 Å². The number of rotatable bonds is 11. The summed E-state index contributed by atoms with van der Waals surface area (Å²) in [7, 11) is -4.18. The van der Waals surface area contributed by atoms with Crippen molar-refractivity contribution in [1.29, 1.82) is 0 Å². The number of ether oxygens (including phenoxy) is 4. The molecule has 3 aliphatic rings. The van der Waals surface area contributed by atoms with E-state index in [0.717, 1.165) is 0 Å². The Morgan fingerprint density at radius 2 is 1.10 bits per heavy atom. The minimum Gasteiger partial charge on any atom is -0.436 e. The van der Waals surface area contributed by atoms with Gasteiger partial charge in [-0.15, -0.1) is 0 Å². The zero-order valence-corrected chi connectivity index (χ0v) is 38.9. The lowest BCUT2D eigenvalue weighted by Gasteiger charge is -2.29. The van der Waals surface area contributed by atoms with Crippen molar-refractivity contribution in [2.24, 2.45) is 11.8 Å². The van der Waals surface area contributed by atoms with Gasteiger partial charge in [0.1, 0.15) is 28.7 Å². The van der Waals surface area contributed by atoms with Crippen LogP contribution < -0.4 is 44.3 Å². The third-order valence-corrected chi connectivity index (χ3v) is 14.7. The highest BCUT2D eigenvalue weighted by Crippen LogP contribution is 2.55. The fourth-order valence-corrected chi connectivity index (χ4v) is 11.1. The second kappa shape index (κ2) is 19.3. The molecule has 2 aliphatic heterocycles. The van der Waals surface area contributed by atoms with Gasteiger partial charge in [-0.3, -0.25) is 28.6 Å². The van der Waals surface area contributed by atoms with Crippen LogP contribution in [0.4, 0.5) is 11.4 Å². The molecule has 2 heterocycles. The van der Waals surface area contributed by atoms with Gasteiger partial charge in [-0.05, 0) is 140 Å². The maximum Gasteiger partial charge on any atom is 0.343 e. The molecule has 10 rings (SSSR count). The topological polar surface area (TPSA) is 198 Å². The van der Waals surface area contributed by atoms with Gasteiger partial charge < -0.3 is 28.8 Å². The van der Waals surface area contributed by atoms with Gasteiger partial charge in [-0.25, -0.2) is 14.4 Å². The minimum atomic E-state index is -4.18. The molecule has 16 heteroatoms. The SMILES string of the molecule is CC(=O)Oc1ccc(C(=O)Oc2ccc(OC(=O)c3cccc(C(=O)Oc4ccc(NC(=O)c5ccc(N6C(=O)C7CC=CCC7C6=O)cc5)cc4)c3)c(P3(=O)Oc4ccccc4-c4ccccc43)c2)cc1. The number of allylic oxidation sites excluding steroid dienone is 2. The first-order valence-electron chi connectivity index (χ1n) is 22.6. The number of nitrogens with one attached hydrogen (secondary N) is 1. The summed E-state index contributed by atoms with van der Waals surface area (Å²) in [5, 5.41) is 2.99. The standard InChI is InChI=1S/C56H39N2O13P/c1-33(59)67-40-25-19-35(20-26-40)54(63)69-42-29-30-48(50(32-42)72(66)49-16-7-5-12-44(49)43-11-4-6-15-47(43)71-72)70-56(65)37-10-8-9-36(31-37)55(64)68-41-27-21-38(22-28-41)57-51(60)34-17-23-39(24-18-34)58-52(61)45-13-2-3-14-46(45)53(58)62/h2-12,15-32,45-46H,13-14H2,1H3,(H,57,60). The number of hydrogen-bond donors (Lipinski definition) is 1. The molecule has 0 saturated carbocycles. The summed E-state index contributed by atoms with van der Waals surface area (Å²) >= 11 is 0. The minimum absolute atomic E-state index is 0.00430. The van der Waals surface area contributed by atoms with Crippen LogP contribution in [0.5, 0.6) is 28.7 Å². The van der Waals surface area contributed by atoms with E-state index in [4.69, 9.17) is 23.5 Å². The Kier molecular flexibility index (Phi) is 12.5. The molecular weight excluding hydrogens is 940 g/mol. The number of amides is 3. The molecule has 3 unspecified atom stereocenters. The fourth-order valence-electron chi connectivity index (χ4n) is 8.69. The number of benzene rings is 7. The van der Waals surface area contributed by atoms with Crippen LogP contribution in [0, 0.1) is 11.8 Å². The van der Waals surface area contributed by atoms with E-state index in [-0.39, 0.29) is 74.2 Å². The maximum absolute atomic E-state index is 15.5. The van der Waals surface area contributed by atoms with Crippen molar-refractivity contribution < 1.29 is 61.6 Å². The number of fused-ring (bicyclic) bond motifs is 4. The number of anilines is 2. The van der Waals surface area contributed by atoms with Gasteiger partial charge in [0.15, 0.2) is 0 Å². The molecule has 0 spiro atoms. The second-order valence-corrected chi connectivity index (χ2v) is 19.1. The predicted molar refractivity (Wildman–Crippen MR) is 264 cm³/mol. The van der Waals surface area contributed by atoms with E-state index in [9.17, 15) is 33.6 Å². The molecule has 15 nitrogen and oxygen atoms in total. The van der Waals surface area contributed by atoms with Gasteiger partial charge in [-0.1, -0.05) is 54.6 Å². The van der Waals surface area contributed by atoms with Crippen LogP contribution in [-0.4, -0.2) is 41.6 Å². The van der Waals surface area contributed by atoms with Crippen molar-refractivity contribution in [3.8, 4) is 39.9 Å². The smallest absolute Gasteiger partial charge is 0.343 e. The number of nitrogens with zero attached hydrogens (tertiary/aromatic N) is 1. The van der Waals surface area contributed by atoms with E-state index >= 15 is 4.57 Å². The van der Waals surface area contributed by atoms with Crippen LogP contribution in [0.25, 0.3) is 11.1 Å². The highest BCUT2D eigenvalue weighted by Gasteiger charge is 2.48. The van der Waals surface area contributed by atoms with E-state index in [1.54, 1.807) is 48.5 Å². The second-order valence-electron chi connectivity index (χ2n) is 16.8. The number of carbonyl (C=O) groups excluding carboxylic acids is 7. The summed E-state index contributed by atoms with van der Waals surface area (Å²) in [6, 6.07) is 41.5. The molecule has 356 valence electrons. The summed E-state index contributed by atoms with van der Waals surface area (Å²) in [6.45, 7) is 1.25. The number of imide groups is 1. The van der Waals surface area contributed by atoms with E-state index in [1.807, 2.05) is 24.3 Å². The van der Waals surface area contributed by atoms with Crippen LogP contribution in [0.2, 0.25) is 0 Å². The summed E-state index contributed by atoms with van der Waals surface area (Å²) in [5.41, 5.74) is 2.45. The summed E-state index contributed by atoms with van der Waals surface area (Å²) < 4.78 is 44.1. The van der Waals surface area contributed by atoms with Gasteiger partial charge in [0, 0.05) is 23.7 Å². The normalized spacial score (nSPS) is 17.3. The fraction of sp³-hybridized carbons (Fsp3) is 0.0893. The lowest BCUT2D eigenvalue weighted by Crippen LogP contribution is -2.30. The van der Waals surface area contributed by atoms with Gasteiger partial charge in [0.05, 0.1) is 44.8 Å². The molecule has 1 aliphatic carbocycles. The van der Waals surface area contributed by atoms with Gasteiger partial charge in [0.25, 0.3) is 5.91 Å². The van der Waals surface area contributed by atoms with E-state index in [0.29, 0.717) is 46.4 Å². The van der Waals surface area contributed by atoms with Crippen LogP contribution in [-0.2, 0) is 18.9 Å². The number of para-hydroxylation sites is 1. The summed E-state index contributed by atoms with van der Waals surface area (Å²) in [6.07, 6.45) is 4.88. The number of esters is 4. The highest BCUT2D eigenvalue weighted by atomic mass is 31.2. The molecule has 0 aromatic heterocycles. The molecule has 3 amide bonds. The van der Waals surface area contributed by atoms with E-state index in [2.05, 4.69) is 5.32 Å². The van der Waals surface area contributed by atoms with Crippen LogP contribution in [0.1, 0.15) is 61.2 Å². The quantitative estimate of drug-likeness (QED) is 0.0424. The van der Waals surface area contributed by atoms with Crippen molar-refractivity contribution in [2.75, 3.05) is 10.2 Å². The monoisotopic (exact) mass is 978 g/mol. The Balaban J connectivity index is 0.836. The molecule has 0 radical (unpaired) electrons. The average molecular weight is 979 g/mol. The van der Waals surface area contributed by atoms with Crippen LogP contribution in [0.15, 0.2) is 176 Å². The summed E-state index contributed by atoms with van der Waals surface area (Å²) in [4.78, 5) is 92.5. The molecule has 0 bridgehead atoms. The first kappa shape index (κ1) is 46.5. The Morgan fingerprint density at radius 3 is 1.78 bits per heavy atom. The van der Waals surface area contributed by atoms with Crippen molar-refractivity contribution in [3.05, 3.63) is 198 Å². The van der Waals surface area contributed by atoms with Gasteiger partial charge in [-0.2, -0.15) is 0 Å². The lowest BCUT2D eigenvalue weighted by molar-refractivity contribution is -0.132. The van der Waals surface area contributed by atoms with Gasteiger partial charge >= 0.3 is 31.2 Å². The predicted octanol–water partition coefficient (Wildman–Crippen LogP) is 9.27. The molecule has 72 heavy (non-hydrogen) atoms. The van der Waals surface area contributed by atoms with Crippen LogP contribution >= 0.6 is 7.37 Å². The van der Waals surface area contributed by atoms with Crippen molar-refractivity contribution in [3.63, 3.8) is 0 Å². The zero-order valence-electron chi connectivity index (χ0n) is 38.0. The van der Waals surface area contributed by atoms with Crippen LogP contribution in [0.3, 0.4) is 0 Å². The van der Waals surface area contributed by atoms with E-state index < -0.39 is 37.2 Å².